The number of nitrogens with two attached hydrogens (primary N) is 1. The lowest BCUT2D eigenvalue weighted by Crippen LogP contribution is -2.19. The van der Waals surface area contributed by atoms with Crippen molar-refractivity contribution < 1.29 is 4.74 Å². The van der Waals surface area contributed by atoms with E-state index in [0.29, 0.717) is 10.0 Å². The lowest BCUT2D eigenvalue weighted by molar-refractivity contribution is 0.208. The van der Waals surface area contributed by atoms with E-state index in [1.54, 1.807) is 18.2 Å². The largest absolute Gasteiger partial charge is 0.490 e. The van der Waals surface area contributed by atoms with Crippen molar-refractivity contribution >= 4 is 23.2 Å². The summed E-state index contributed by atoms with van der Waals surface area (Å²) >= 11 is 11.8. The zero-order valence-electron chi connectivity index (χ0n) is 8.25. The van der Waals surface area contributed by atoms with E-state index in [9.17, 15) is 0 Å². The summed E-state index contributed by atoms with van der Waals surface area (Å²) in [6, 6.07) is 5.51. The van der Waals surface area contributed by atoms with Gasteiger partial charge in [-0.2, -0.15) is 0 Å². The van der Waals surface area contributed by atoms with Gasteiger partial charge < -0.3 is 10.5 Å². The van der Waals surface area contributed by atoms with Gasteiger partial charge in [0.1, 0.15) is 11.9 Å². The van der Waals surface area contributed by atoms with Crippen LogP contribution in [0.2, 0.25) is 10.0 Å². The minimum absolute atomic E-state index is 0.203. The second-order valence-electron chi connectivity index (χ2n) is 3.92. The molecule has 2 N–H and O–H groups in total. The molecule has 0 heterocycles. The van der Waals surface area contributed by atoms with E-state index in [4.69, 9.17) is 33.7 Å². The fraction of sp³-hybridized carbons (Fsp3) is 0.455. The molecule has 82 valence electrons. The Morgan fingerprint density at radius 3 is 2.33 bits per heavy atom. The average molecular weight is 246 g/mol. The van der Waals surface area contributed by atoms with Crippen LogP contribution in [-0.4, -0.2) is 12.1 Å². The summed E-state index contributed by atoms with van der Waals surface area (Å²) in [5, 5.41) is 1.19. The van der Waals surface area contributed by atoms with Crippen molar-refractivity contribution in [2.24, 2.45) is 5.73 Å². The molecule has 15 heavy (non-hydrogen) atoms. The highest BCUT2D eigenvalue weighted by Crippen LogP contribution is 2.28. The molecule has 2 rings (SSSR count). The van der Waals surface area contributed by atoms with Crippen molar-refractivity contribution in [1.82, 2.24) is 0 Å². The van der Waals surface area contributed by atoms with Crippen LogP contribution in [0.15, 0.2) is 18.2 Å². The van der Waals surface area contributed by atoms with Gasteiger partial charge in [-0.25, -0.2) is 0 Å². The van der Waals surface area contributed by atoms with Gasteiger partial charge in [-0.1, -0.05) is 23.2 Å². The normalized spacial score (nSPS) is 25.5. The Kier molecular flexibility index (Phi) is 3.39. The molecule has 1 aliphatic rings. The fourth-order valence-electron chi connectivity index (χ4n) is 1.87. The van der Waals surface area contributed by atoms with Crippen LogP contribution in [0.25, 0.3) is 0 Å². The highest BCUT2D eigenvalue weighted by Gasteiger charge is 2.23. The first-order chi connectivity index (χ1) is 7.13. The number of hydrogen-bond donors (Lipinski definition) is 1. The van der Waals surface area contributed by atoms with E-state index in [-0.39, 0.29) is 12.1 Å². The van der Waals surface area contributed by atoms with Gasteiger partial charge >= 0.3 is 0 Å². The Morgan fingerprint density at radius 2 is 1.80 bits per heavy atom. The van der Waals surface area contributed by atoms with Crippen molar-refractivity contribution in [3.63, 3.8) is 0 Å². The van der Waals surface area contributed by atoms with Gasteiger partial charge in [-0.05, 0) is 37.5 Å². The van der Waals surface area contributed by atoms with Crippen LogP contribution in [0.5, 0.6) is 5.75 Å². The summed E-state index contributed by atoms with van der Waals surface area (Å²) in [5.74, 6) is 0.728. The molecule has 2 unspecified atom stereocenters. The molecule has 1 aromatic rings. The predicted octanol–water partition coefficient (Wildman–Crippen LogP) is 3.25. The van der Waals surface area contributed by atoms with Gasteiger partial charge in [0.15, 0.2) is 0 Å². The van der Waals surface area contributed by atoms with Crippen molar-refractivity contribution in [2.45, 2.75) is 31.4 Å². The SMILES string of the molecule is NC1CCC(Oc2cc(Cl)cc(Cl)c2)C1. The Balaban J connectivity index is 2.04. The molecule has 2 nitrogen and oxygen atoms in total. The molecule has 0 spiro atoms. The number of hydrogen-bond acceptors (Lipinski definition) is 2. The number of rotatable bonds is 2. The summed E-state index contributed by atoms with van der Waals surface area (Å²) < 4.78 is 5.76. The standard InChI is InChI=1S/C11H13Cl2NO/c12-7-3-8(13)5-11(4-7)15-10-2-1-9(14)6-10/h3-5,9-10H,1-2,6,14H2. The van der Waals surface area contributed by atoms with Gasteiger partial charge in [0.2, 0.25) is 0 Å². The van der Waals surface area contributed by atoms with Crippen molar-refractivity contribution in [3.05, 3.63) is 28.2 Å². The topological polar surface area (TPSA) is 35.2 Å². The van der Waals surface area contributed by atoms with Gasteiger partial charge in [0, 0.05) is 16.1 Å². The molecule has 1 aliphatic carbocycles. The predicted molar refractivity (Wildman–Crippen MR) is 62.7 cm³/mol. The fourth-order valence-corrected chi connectivity index (χ4v) is 2.38. The van der Waals surface area contributed by atoms with Crippen molar-refractivity contribution in [3.8, 4) is 5.75 Å². The maximum Gasteiger partial charge on any atom is 0.122 e. The second kappa shape index (κ2) is 4.60. The summed E-state index contributed by atoms with van der Waals surface area (Å²) in [5.41, 5.74) is 5.81. The van der Waals surface area contributed by atoms with Crippen molar-refractivity contribution in [1.29, 1.82) is 0 Å². The van der Waals surface area contributed by atoms with Crippen LogP contribution in [0.3, 0.4) is 0 Å². The monoisotopic (exact) mass is 245 g/mol. The highest BCUT2D eigenvalue weighted by molar-refractivity contribution is 6.34. The van der Waals surface area contributed by atoms with E-state index in [0.717, 1.165) is 25.0 Å². The van der Waals surface area contributed by atoms with Crippen LogP contribution in [0.1, 0.15) is 19.3 Å². The summed E-state index contributed by atoms with van der Waals surface area (Å²) in [4.78, 5) is 0. The summed E-state index contributed by atoms with van der Waals surface area (Å²) in [6.07, 6.45) is 3.14. The van der Waals surface area contributed by atoms with Gasteiger partial charge in [0.25, 0.3) is 0 Å². The second-order valence-corrected chi connectivity index (χ2v) is 4.79. The molecule has 4 heteroatoms. The minimum atomic E-state index is 0.203. The molecule has 1 saturated carbocycles. The zero-order valence-corrected chi connectivity index (χ0v) is 9.76. The van der Waals surface area contributed by atoms with Crippen LogP contribution in [0, 0.1) is 0 Å². The molecule has 0 aromatic heterocycles. The average Bonchev–Trinajstić information content (AvgIpc) is 2.49. The molecule has 1 aromatic carbocycles. The highest BCUT2D eigenvalue weighted by atomic mass is 35.5. The first-order valence-electron chi connectivity index (χ1n) is 5.02. The minimum Gasteiger partial charge on any atom is -0.490 e. The Morgan fingerprint density at radius 1 is 1.13 bits per heavy atom. The number of halogens is 2. The van der Waals surface area contributed by atoms with Crippen molar-refractivity contribution in [2.75, 3.05) is 0 Å². The number of benzene rings is 1. The Hall–Kier alpha value is -0.440. The van der Waals surface area contributed by atoms with Gasteiger partial charge in [0.05, 0.1) is 0 Å². The lowest BCUT2D eigenvalue weighted by Gasteiger charge is -2.13. The van der Waals surface area contributed by atoms with E-state index < -0.39 is 0 Å². The first kappa shape index (κ1) is 11.1. The molecule has 0 amide bonds. The molecule has 2 atom stereocenters. The third-order valence-corrected chi connectivity index (χ3v) is 3.00. The van der Waals surface area contributed by atoms with Crippen LogP contribution in [-0.2, 0) is 0 Å². The summed E-state index contributed by atoms with van der Waals surface area (Å²) in [7, 11) is 0. The lowest BCUT2D eigenvalue weighted by atomic mass is 10.3. The van der Waals surface area contributed by atoms with E-state index in [1.165, 1.54) is 0 Å². The van der Waals surface area contributed by atoms with Gasteiger partial charge in [-0.3, -0.25) is 0 Å². The quantitative estimate of drug-likeness (QED) is 0.869. The third-order valence-electron chi connectivity index (χ3n) is 2.56. The molecule has 0 saturated heterocycles. The molecule has 0 bridgehead atoms. The van der Waals surface area contributed by atoms with E-state index >= 15 is 0 Å². The third kappa shape index (κ3) is 3.00. The Labute approximate surface area is 99.3 Å². The maximum atomic E-state index is 5.88. The molecule has 1 fully saturated rings. The van der Waals surface area contributed by atoms with Crippen LogP contribution in [0.4, 0.5) is 0 Å². The van der Waals surface area contributed by atoms with E-state index in [2.05, 4.69) is 0 Å². The van der Waals surface area contributed by atoms with Crippen LogP contribution >= 0.6 is 23.2 Å². The molecular weight excluding hydrogens is 233 g/mol. The molecule has 0 aliphatic heterocycles. The van der Waals surface area contributed by atoms with Crippen LogP contribution < -0.4 is 10.5 Å². The molecule has 0 radical (unpaired) electrons. The smallest absolute Gasteiger partial charge is 0.122 e. The number of ether oxygens (including phenoxy) is 1. The van der Waals surface area contributed by atoms with E-state index in [1.807, 2.05) is 0 Å². The summed E-state index contributed by atoms with van der Waals surface area (Å²) in [6.45, 7) is 0. The first-order valence-corrected chi connectivity index (χ1v) is 5.77. The Bertz CT molecular complexity index is 336. The van der Waals surface area contributed by atoms with Gasteiger partial charge in [-0.15, -0.1) is 0 Å². The zero-order chi connectivity index (χ0) is 10.8. The molecular formula is C11H13Cl2NO. The maximum absolute atomic E-state index is 5.88.